The van der Waals surface area contributed by atoms with Crippen molar-refractivity contribution in [1.29, 1.82) is 0 Å². The van der Waals surface area contributed by atoms with Crippen molar-refractivity contribution in [2.45, 2.75) is 38.5 Å². The largest absolute Gasteiger partial charge is 0.278 e. The van der Waals surface area contributed by atoms with Gasteiger partial charge in [0.2, 0.25) is 11.9 Å². The van der Waals surface area contributed by atoms with Crippen molar-refractivity contribution in [1.82, 2.24) is 29.1 Å². The maximum atomic E-state index is 5.46. The highest BCUT2D eigenvalue weighted by Gasteiger charge is 2.40. The fraction of sp³-hybridized carbons (Fsp3) is 0.111. The summed E-state index contributed by atoms with van der Waals surface area (Å²) >= 11 is 0. The molecule has 0 aliphatic heterocycles. The average Bonchev–Trinajstić information content (AvgIpc) is 4.02. The van der Waals surface area contributed by atoms with E-state index in [1.54, 1.807) is 0 Å². The summed E-state index contributed by atoms with van der Waals surface area (Å²) in [5.41, 5.74) is 19.0. The zero-order chi connectivity index (χ0) is 39.8. The Kier molecular flexibility index (Phi) is 5.84. The fourth-order valence-electron chi connectivity index (χ4n) is 11.6. The van der Waals surface area contributed by atoms with E-state index in [0.717, 1.165) is 50.0 Å². The highest BCUT2D eigenvalue weighted by molar-refractivity contribution is 6.17. The third-order valence-electron chi connectivity index (χ3n) is 14.1. The lowest BCUT2D eigenvalue weighted by Crippen LogP contribution is -2.15. The summed E-state index contributed by atoms with van der Waals surface area (Å²) in [5, 5.41) is 5.77. The topological polar surface area (TPSA) is 61.4 Å². The molecule has 0 unspecified atom stereocenters. The summed E-state index contributed by atoms with van der Waals surface area (Å²) in [6.07, 6.45) is 0. The lowest BCUT2D eigenvalue weighted by Gasteiger charge is -2.22. The van der Waals surface area contributed by atoms with Crippen LogP contribution < -0.4 is 0 Å². The molecule has 0 amide bonds. The Labute approximate surface area is 345 Å². The molecule has 4 aromatic heterocycles. The summed E-state index contributed by atoms with van der Waals surface area (Å²) in [6, 6.07) is 52.7. The highest BCUT2D eigenvalue weighted by atomic mass is 15.2. The lowest BCUT2D eigenvalue weighted by molar-refractivity contribution is 0.666. The van der Waals surface area contributed by atoms with Crippen LogP contribution in [-0.4, -0.2) is 29.1 Å². The van der Waals surface area contributed by atoms with Crippen molar-refractivity contribution >= 4 is 54.6 Å². The van der Waals surface area contributed by atoms with Crippen LogP contribution >= 0.6 is 0 Å². The number of hydrogen-bond donors (Lipinski definition) is 0. The number of hydrogen-bond acceptors (Lipinski definition) is 4. The van der Waals surface area contributed by atoms with Crippen LogP contribution in [0.1, 0.15) is 49.9 Å². The summed E-state index contributed by atoms with van der Waals surface area (Å²) in [6.45, 7) is 9.43. The second-order valence-electron chi connectivity index (χ2n) is 17.8. The van der Waals surface area contributed by atoms with E-state index in [4.69, 9.17) is 19.9 Å². The van der Waals surface area contributed by atoms with Crippen LogP contribution in [0.25, 0.3) is 111 Å². The second-order valence-corrected chi connectivity index (χ2v) is 17.8. The van der Waals surface area contributed by atoms with Gasteiger partial charge in [-0.05, 0) is 68.8 Å². The molecule has 7 aromatic carbocycles. The molecule has 3 aliphatic carbocycles. The Balaban J connectivity index is 1.07. The van der Waals surface area contributed by atoms with Crippen molar-refractivity contribution in [2.24, 2.45) is 0 Å². The van der Waals surface area contributed by atoms with E-state index in [-0.39, 0.29) is 10.8 Å². The maximum absolute atomic E-state index is 5.46. The SMILES string of the molecule is CC1(C)c2ccccc2-c2ccc3c(c21)c1ccccc1n3-c1nc2c3c(nc(-n4c5ccccc5c5c6c(ccc54)-c4ccccc4C6(C)C)nc3n1)-c1ccccc1-2. The molecule has 0 radical (unpaired) electrons. The molecule has 282 valence electrons. The molecule has 0 spiro atoms. The Morgan fingerprint density at radius 2 is 0.750 bits per heavy atom. The molecule has 0 bridgehead atoms. The van der Waals surface area contributed by atoms with Gasteiger partial charge in [0, 0.05) is 43.5 Å². The Morgan fingerprint density at radius 3 is 1.22 bits per heavy atom. The fourth-order valence-corrected chi connectivity index (χ4v) is 11.6. The van der Waals surface area contributed by atoms with E-state index in [0.29, 0.717) is 17.5 Å². The predicted octanol–water partition coefficient (Wildman–Crippen LogP) is 12.9. The van der Waals surface area contributed by atoms with Crippen LogP contribution in [0.3, 0.4) is 0 Å². The average molecular weight is 769 g/mol. The summed E-state index contributed by atoms with van der Waals surface area (Å²) in [4.78, 5) is 21.8. The van der Waals surface area contributed by atoms with Gasteiger partial charge in [-0.3, -0.25) is 9.13 Å². The first kappa shape index (κ1) is 32.5. The van der Waals surface area contributed by atoms with Gasteiger partial charge in [-0.15, -0.1) is 0 Å². The van der Waals surface area contributed by atoms with Crippen LogP contribution in [0, 0.1) is 0 Å². The minimum Gasteiger partial charge on any atom is -0.278 e. The van der Waals surface area contributed by atoms with Gasteiger partial charge in [-0.25, -0.2) is 9.97 Å². The molecule has 0 atom stereocenters. The summed E-state index contributed by atoms with van der Waals surface area (Å²) in [5.74, 6) is 1.20. The molecule has 14 rings (SSSR count). The smallest absolute Gasteiger partial charge is 0.237 e. The van der Waals surface area contributed by atoms with E-state index >= 15 is 0 Å². The molecule has 0 N–H and O–H groups in total. The van der Waals surface area contributed by atoms with Crippen molar-refractivity contribution in [3.63, 3.8) is 0 Å². The first-order valence-corrected chi connectivity index (χ1v) is 20.8. The summed E-state index contributed by atoms with van der Waals surface area (Å²) in [7, 11) is 0. The van der Waals surface area contributed by atoms with Gasteiger partial charge >= 0.3 is 0 Å². The number of fused-ring (bicyclic) bond motifs is 17. The molecule has 11 aromatic rings. The van der Waals surface area contributed by atoms with Gasteiger partial charge in [0.1, 0.15) is 0 Å². The quantitative estimate of drug-likeness (QED) is 0.176. The van der Waals surface area contributed by atoms with Crippen molar-refractivity contribution in [3.05, 3.63) is 168 Å². The molecular formula is C54H36N6. The van der Waals surface area contributed by atoms with Crippen molar-refractivity contribution < 1.29 is 0 Å². The first-order valence-electron chi connectivity index (χ1n) is 20.8. The molecule has 4 heterocycles. The standard InChI is InChI=1S/C54H36N6/c1-53(2)37-21-11-7-15-29(37)31-25-27-41-43(46(31)53)35-19-9-13-23-39(35)59(41)51-55-48-33-17-5-6-18-34(33)49-45(48)50(57-51)58-52(56-49)60-40-24-14-10-20-36(40)44-42(60)28-26-32-30-16-8-12-22-38(30)54(3,4)47(32)44/h5-28H,1-4H3. The third-order valence-corrected chi connectivity index (χ3v) is 14.1. The number of rotatable bonds is 2. The summed E-state index contributed by atoms with van der Waals surface area (Å²) < 4.78 is 4.51. The number of aromatic nitrogens is 6. The number of nitrogens with zero attached hydrogens (tertiary/aromatic N) is 6. The number of para-hydroxylation sites is 2. The minimum absolute atomic E-state index is 0.185. The monoisotopic (exact) mass is 768 g/mol. The van der Waals surface area contributed by atoms with Gasteiger partial charge in [0.25, 0.3) is 0 Å². The Bertz CT molecular complexity index is 3540. The molecule has 6 heteroatoms. The van der Waals surface area contributed by atoms with Gasteiger partial charge in [0.05, 0.1) is 38.8 Å². The van der Waals surface area contributed by atoms with E-state index in [9.17, 15) is 0 Å². The van der Waals surface area contributed by atoms with Gasteiger partial charge in [-0.1, -0.05) is 149 Å². The van der Waals surface area contributed by atoms with Crippen LogP contribution in [-0.2, 0) is 10.8 Å². The normalized spacial score (nSPS) is 14.9. The second kappa shape index (κ2) is 10.8. The molecule has 0 saturated carbocycles. The van der Waals surface area contributed by atoms with E-state index in [1.807, 2.05) is 0 Å². The zero-order valence-electron chi connectivity index (χ0n) is 33.5. The predicted molar refractivity (Wildman–Crippen MR) is 243 cm³/mol. The highest BCUT2D eigenvalue weighted by Crippen LogP contribution is 2.55. The van der Waals surface area contributed by atoms with Crippen LogP contribution in [0.5, 0.6) is 0 Å². The first-order chi connectivity index (χ1) is 29.3. The molecule has 60 heavy (non-hydrogen) atoms. The molecule has 0 fully saturated rings. The Morgan fingerprint density at radius 1 is 0.350 bits per heavy atom. The van der Waals surface area contributed by atoms with Gasteiger partial charge in [-0.2, -0.15) is 9.97 Å². The molecule has 0 saturated heterocycles. The van der Waals surface area contributed by atoms with Crippen LogP contribution in [0.15, 0.2) is 146 Å². The number of benzene rings is 7. The van der Waals surface area contributed by atoms with E-state index in [1.165, 1.54) is 66.1 Å². The van der Waals surface area contributed by atoms with Crippen LogP contribution in [0.4, 0.5) is 0 Å². The molecular weight excluding hydrogens is 733 g/mol. The molecule has 6 nitrogen and oxygen atoms in total. The molecule has 3 aliphatic rings. The minimum atomic E-state index is -0.185. The third kappa shape index (κ3) is 3.77. The van der Waals surface area contributed by atoms with Crippen molar-refractivity contribution in [2.75, 3.05) is 0 Å². The van der Waals surface area contributed by atoms with E-state index in [2.05, 4.69) is 182 Å². The van der Waals surface area contributed by atoms with E-state index < -0.39 is 0 Å². The lowest BCUT2D eigenvalue weighted by atomic mass is 9.80. The van der Waals surface area contributed by atoms with Crippen LogP contribution in [0.2, 0.25) is 0 Å². The van der Waals surface area contributed by atoms with Crippen molar-refractivity contribution in [3.8, 4) is 56.7 Å². The van der Waals surface area contributed by atoms with Gasteiger partial charge < -0.3 is 0 Å². The Hall–Kier alpha value is -7.44. The maximum Gasteiger partial charge on any atom is 0.237 e. The zero-order valence-corrected chi connectivity index (χ0v) is 33.5. The van der Waals surface area contributed by atoms with Gasteiger partial charge in [0.15, 0.2) is 5.65 Å².